The molecule has 3 aromatic carbocycles. The zero-order valence-corrected chi connectivity index (χ0v) is 19.8. The van der Waals surface area contributed by atoms with Crippen LogP contribution in [0.1, 0.15) is 28.4 Å². The van der Waals surface area contributed by atoms with E-state index in [4.69, 9.17) is 4.74 Å². The first-order valence-electron chi connectivity index (χ1n) is 12.3. The Kier molecular flexibility index (Phi) is 5.41. The molecule has 0 N–H and O–H groups in total. The van der Waals surface area contributed by atoms with Crippen LogP contribution in [0.5, 0.6) is 0 Å². The van der Waals surface area contributed by atoms with Crippen molar-refractivity contribution in [2.75, 3.05) is 11.5 Å². The summed E-state index contributed by atoms with van der Waals surface area (Å²) in [5.74, 6) is -2.08. The zero-order chi connectivity index (χ0) is 24.8. The summed E-state index contributed by atoms with van der Waals surface area (Å²) in [6.07, 6.45) is 4.19. The topological polar surface area (TPSA) is 63.7 Å². The first kappa shape index (κ1) is 22.2. The first-order valence-corrected chi connectivity index (χ1v) is 12.3. The highest BCUT2D eigenvalue weighted by atomic mass is 16.5. The highest BCUT2D eigenvalue weighted by Crippen LogP contribution is 2.58. The molecular formula is C31H25NO4. The Morgan fingerprint density at radius 2 is 1.28 bits per heavy atom. The fraction of sp³-hybridized carbons (Fsp3) is 0.194. The summed E-state index contributed by atoms with van der Waals surface area (Å²) in [7, 11) is 0. The van der Waals surface area contributed by atoms with Crippen molar-refractivity contribution in [2.24, 2.45) is 23.7 Å². The van der Waals surface area contributed by atoms with Gasteiger partial charge in [0.2, 0.25) is 11.8 Å². The van der Waals surface area contributed by atoms with Gasteiger partial charge in [-0.3, -0.25) is 9.59 Å². The van der Waals surface area contributed by atoms with Gasteiger partial charge in [0.05, 0.1) is 29.7 Å². The van der Waals surface area contributed by atoms with E-state index in [0.717, 1.165) is 22.3 Å². The third-order valence-electron chi connectivity index (χ3n) is 7.44. The molecule has 6 rings (SSSR count). The Morgan fingerprint density at radius 3 is 1.81 bits per heavy atom. The number of hydrogen-bond acceptors (Lipinski definition) is 4. The molecule has 178 valence electrons. The monoisotopic (exact) mass is 475 g/mol. The molecule has 2 aliphatic carbocycles. The van der Waals surface area contributed by atoms with Gasteiger partial charge in [-0.15, -0.1) is 0 Å². The van der Waals surface area contributed by atoms with Crippen molar-refractivity contribution in [1.82, 2.24) is 0 Å². The maximum absolute atomic E-state index is 13.8. The highest BCUT2D eigenvalue weighted by molar-refractivity contribution is 6.23. The third-order valence-corrected chi connectivity index (χ3v) is 7.44. The number of anilines is 1. The van der Waals surface area contributed by atoms with Gasteiger partial charge in [-0.1, -0.05) is 78.9 Å². The van der Waals surface area contributed by atoms with Gasteiger partial charge >= 0.3 is 5.97 Å². The SMILES string of the molecule is CCOC(=O)c1cccc(N2C(=O)[C@@H]3[C@@H](C2=O)[C@@H]2C=C[C@@H]3C2=C(c2ccccc2)c2ccccc2)c1. The van der Waals surface area contributed by atoms with Gasteiger partial charge in [-0.2, -0.15) is 0 Å². The molecule has 0 radical (unpaired) electrons. The van der Waals surface area contributed by atoms with Gasteiger partial charge in [0.1, 0.15) is 0 Å². The number of hydrogen-bond donors (Lipinski definition) is 0. The summed E-state index contributed by atoms with van der Waals surface area (Å²) in [6, 6.07) is 26.9. The Balaban J connectivity index is 1.42. The molecular weight excluding hydrogens is 450 g/mol. The number of rotatable bonds is 5. The standard InChI is InChI=1S/C31H25NO4/c1-2-36-31(35)21-14-9-15-22(18-21)32-29(33)27-23-16-17-24(28(27)30(32)34)26(23)25(19-10-5-3-6-11-19)20-12-7-4-8-13-20/h3-18,23-24,27-28H,2H2,1H3/t23-,24-,27+,28+/m1/s1. The fourth-order valence-corrected chi connectivity index (χ4v) is 6.05. The molecule has 1 heterocycles. The molecule has 0 unspecified atom stereocenters. The van der Waals surface area contributed by atoms with Gasteiger partial charge in [0.15, 0.2) is 0 Å². The smallest absolute Gasteiger partial charge is 0.338 e. The van der Waals surface area contributed by atoms with Crippen LogP contribution >= 0.6 is 0 Å². The van der Waals surface area contributed by atoms with Crippen LogP contribution in [0.25, 0.3) is 5.57 Å². The second-order valence-corrected chi connectivity index (χ2v) is 9.33. The summed E-state index contributed by atoms with van der Waals surface area (Å²) in [5.41, 5.74) is 5.14. The normalized spacial score (nSPS) is 23.8. The molecule has 5 heteroatoms. The zero-order valence-electron chi connectivity index (χ0n) is 19.8. The molecule has 2 fully saturated rings. The number of fused-ring (bicyclic) bond motifs is 5. The number of imide groups is 1. The second kappa shape index (κ2) is 8.76. The van der Waals surface area contributed by atoms with Gasteiger partial charge < -0.3 is 4.74 Å². The van der Waals surface area contributed by atoms with Crippen molar-refractivity contribution in [3.8, 4) is 0 Å². The molecule has 1 saturated heterocycles. The Bertz CT molecular complexity index is 1350. The van der Waals surface area contributed by atoms with E-state index in [1.165, 1.54) is 4.90 Å². The van der Waals surface area contributed by atoms with Crippen LogP contribution in [-0.2, 0) is 14.3 Å². The molecule has 0 spiro atoms. The number of ether oxygens (including phenoxy) is 1. The predicted octanol–water partition coefficient (Wildman–Crippen LogP) is 5.29. The van der Waals surface area contributed by atoms with E-state index in [-0.39, 0.29) is 30.3 Å². The Labute approximate surface area is 209 Å². The number of carbonyl (C=O) groups excluding carboxylic acids is 3. The van der Waals surface area contributed by atoms with Gasteiger partial charge in [0, 0.05) is 11.8 Å². The number of esters is 1. The largest absolute Gasteiger partial charge is 0.462 e. The van der Waals surface area contributed by atoms with E-state index < -0.39 is 17.8 Å². The average molecular weight is 476 g/mol. The van der Waals surface area contributed by atoms with Crippen LogP contribution in [0, 0.1) is 23.7 Å². The Hall–Kier alpha value is -4.25. The van der Waals surface area contributed by atoms with Crippen LogP contribution in [-0.4, -0.2) is 24.4 Å². The molecule has 5 nitrogen and oxygen atoms in total. The van der Waals surface area contributed by atoms with E-state index in [1.54, 1.807) is 31.2 Å². The minimum absolute atomic E-state index is 0.148. The lowest BCUT2D eigenvalue weighted by Crippen LogP contribution is -2.33. The summed E-state index contributed by atoms with van der Waals surface area (Å²) in [5, 5.41) is 0. The molecule has 2 bridgehead atoms. The van der Waals surface area contributed by atoms with Crippen LogP contribution in [0.4, 0.5) is 5.69 Å². The van der Waals surface area contributed by atoms with Gasteiger partial charge in [-0.05, 0) is 47.4 Å². The van der Waals surface area contributed by atoms with Gasteiger partial charge in [0.25, 0.3) is 0 Å². The van der Waals surface area contributed by atoms with Crippen molar-refractivity contribution >= 4 is 29.0 Å². The van der Waals surface area contributed by atoms with Crippen LogP contribution < -0.4 is 4.90 Å². The molecule has 2 amide bonds. The van der Waals surface area contributed by atoms with Crippen LogP contribution in [0.3, 0.4) is 0 Å². The molecule has 0 aromatic heterocycles. The lowest BCUT2D eigenvalue weighted by atomic mass is 9.85. The van der Waals surface area contributed by atoms with E-state index >= 15 is 0 Å². The minimum Gasteiger partial charge on any atom is -0.462 e. The number of benzene rings is 3. The van der Waals surface area contributed by atoms with E-state index in [0.29, 0.717) is 11.3 Å². The second-order valence-electron chi connectivity index (χ2n) is 9.33. The highest BCUT2D eigenvalue weighted by Gasteiger charge is 2.62. The molecule has 36 heavy (non-hydrogen) atoms. The molecule has 3 aliphatic rings. The molecule has 1 aliphatic heterocycles. The van der Waals surface area contributed by atoms with Crippen molar-refractivity contribution < 1.29 is 19.1 Å². The Morgan fingerprint density at radius 1 is 0.750 bits per heavy atom. The fourth-order valence-electron chi connectivity index (χ4n) is 6.05. The minimum atomic E-state index is -0.471. The van der Waals surface area contributed by atoms with Crippen LogP contribution in [0.2, 0.25) is 0 Å². The molecule has 3 aromatic rings. The van der Waals surface area contributed by atoms with E-state index in [9.17, 15) is 14.4 Å². The molecule has 1 saturated carbocycles. The lowest BCUT2D eigenvalue weighted by molar-refractivity contribution is -0.122. The van der Waals surface area contributed by atoms with Crippen molar-refractivity contribution in [2.45, 2.75) is 6.92 Å². The van der Waals surface area contributed by atoms with Crippen molar-refractivity contribution in [3.05, 3.63) is 119 Å². The predicted molar refractivity (Wildman–Crippen MR) is 137 cm³/mol. The van der Waals surface area contributed by atoms with E-state index in [1.807, 2.05) is 36.4 Å². The third kappa shape index (κ3) is 3.34. The summed E-state index contributed by atoms with van der Waals surface area (Å²) in [6.45, 7) is 1.99. The van der Waals surface area contributed by atoms with Crippen molar-refractivity contribution in [1.29, 1.82) is 0 Å². The number of nitrogens with zero attached hydrogens (tertiary/aromatic N) is 1. The van der Waals surface area contributed by atoms with Crippen LogP contribution in [0.15, 0.2) is 103 Å². The van der Waals surface area contributed by atoms with Crippen molar-refractivity contribution in [3.63, 3.8) is 0 Å². The first-order chi connectivity index (χ1) is 17.6. The lowest BCUT2D eigenvalue weighted by Gasteiger charge is -2.22. The number of carbonyl (C=O) groups is 3. The average Bonchev–Trinajstić information content (AvgIpc) is 3.54. The summed E-state index contributed by atoms with van der Waals surface area (Å²) < 4.78 is 5.10. The summed E-state index contributed by atoms with van der Waals surface area (Å²) >= 11 is 0. The maximum atomic E-state index is 13.8. The summed E-state index contributed by atoms with van der Waals surface area (Å²) in [4.78, 5) is 41.1. The van der Waals surface area contributed by atoms with Gasteiger partial charge in [-0.25, -0.2) is 9.69 Å². The number of allylic oxidation sites excluding steroid dienone is 3. The maximum Gasteiger partial charge on any atom is 0.338 e. The van der Waals surface area contributed by atoms with E-state index in [2.05, 4.69) is 36.4 Å². The number of amides is 2. The molecule has 4 atom stereocenters. The quantitative estimate of drug-likeness (QED) is 0.286.